The number of nitrogens with one attached hydrogen (secondary N) is 1. The highest BCUT2D eigenvalue weighted by molar-refractivity contribution is 5.54. The average Bonchev–Trinajstić information content (AvgIpc) is 2.96. The SMILES string of the molecule is COCCNCc1cccc(F)c1N(C)Cc1ccco1. The van der Waals surface area contributed by atoms with Crippen molar-refractivity contribution >= 4 is 5.69 Å². The second-order valence-electron chi connectivity index (χ2n) is 4.85. The van der Waals surface area contributed by atoms with Gasteiger partial charge in [0.05, 0.1) is 25.1 Å². The summed E-state index contributed by atoms with van der Waals surface area (Å²) in [7, 11) is 3.52. The average molecular weight is 292 g/mol. The fourth-order valence-corrected chi connectivity index (χ4v) is 2.24. The van der Waals surface area contributed by atoms with Gasteiger partial charge in [-0.15, -0.1) is 0 Å². The number of methoxy groups -OCH3 is 1. The Hall–Kier alpha value is -1.85. The monoisotopic (exact) mass is 292 g/mol. The molecular formula is C16H21FN2O2. The predicted molar refractivity (Wildman–Crippen MR) is 80.8 cm³/mol. The van der Waals surface area contributed by atoms with E-state index in [0.29, 0.717) is 25.4 Å². The van der Waals surface area contributed by atoms with Gasteiger partial charge in [-0.05, 0) is 23.8 Å². The Kier molecular flexibility index (Phi) is 5.78. The third-order valence-corrected chi connectivity index (χ3v) is 3.22. The van der Waals surface area contributed by atoms with Gasteiger partial charge in [0, 0.05) is 27.2 Å². The molecule has 1 N–H and O–H groups in total. The van der Waals surface area contributed by atoms with Gasteiger partial charge in [-0.3, -0.25) is 0 Å². The van der Waals surface area contributed by atoms with Crippen LogP contribution in [0.2, 0.25) is 0 Å². The van der Waals surface area contributed by atoms with Crippen LogP contribution in [0.1, 0.15) is 11.3 Å². The molecule has 114 valence electrons. The molecule has 0 unspecified atom stereocenters. The molecule has 0 saturated heterocycles. The maximum absolute atomic E-state index is 14.2. The first-order valence-corrected chi connectivity index (χ1v) is 6.93. The summed E-state index contributed by atoms with van der Waals surface area (Å²) in [5.74, 6) is 0.578. The highest BCUT2D eigenvalue weighted by atomic mass is 19.1. The van der Waals surface area contributed by atoms with Crippen LogP contribution in [-0.2, 0) is 17.8 Å². The summed E-state index contributed by atoms with van der Waals surface area (Å²) in [6.07, 6.45) is 1.62. The second-order valence-corrected chi connectivity index (χ2v) is 4.85. The molecule has 0 aliphatic carbocycles. The Morgan fingerprint density at radius 3 is 2.86 bits per heavy atom. The van der Waals surface area contributed by atoms with Gasteiger partial charge >= 0.3 is 0 Å². The number of anilines is 1. The number of ether oxygens (including phenoxy) is 1. The fourth-order valence-electron chi connectivity index (χ4n) is 2.24. The largest absolute Gasteiger partial charge is 0.467 e. The molecule has 0 spiro atoms. The molecule has 0 bridgehead atoms. The summed E-state index contributed by atoms with van der Waals surface area (Å²) in [5, 5.41) is 3.24. The first-order chi connectivity index (χ1) is 10.2. The van der Waals surface area contributed by atoms with Gasteiger partial charge in [0.15, 0.2) is 0 Å². The third-order valence-electron chi connectivity index (χ3n) is 3.22. The lowest BCUT2D eigenvalue weighted by atomic mass is 10.1. The predicted octanol–water partition coefficient (Wildman–Crippen LogP) is 2.79. The van der Waals surface area contributed by atoms with E-state index in [2.05, 4.69) is 5.32 Å². The van der Waals surface area contributed by atoms with Gasteiger partial charge in [0.25, 0.3) is 0 Å². The van der Waals surface area contributed by atoms with E-state index >= 15 is 0 Å². The lowest BCUT2D eigenvalue weighted by molar-refractivity contribution is 0.199. The zero-order valence-electron chi connectivity index (χ0n) is 12.4. The molecular weight excluding hydrogens is 271 g/mol. The third kappa shape index (κ3) is 4.31. The van der Waals surface area contributed by atoms with E-state index in [9.17, 15) is 4.39 Å². The Morgan fingerprint density at radius 2 is 2.14 bits per heavy atom. The lowest BCUT2D eigenvalue weighted by Crippen LogP contribution is -2.23. The molecule has 0 saturated carbocycles. The smallest absolute Gasteiger partial charge is 0.146 e. The van der Waals surface area contributed by atoms with Crippen molar-refractivity contribution in [1.29, 1.82) is 0 Å². The van der Waals surface area contributed by atoms with Crippen LogP contribution in [0.15, 0.2) is 41.0 Å². The number of nitrogens with zero attached hydrogens (tertiary/aromatic N) is 1. The molecule has 4 nitrogen and oxygen atoms in total. The molecule has 2 rings (SSSR count). The molecule has 0 fully saturated rings. The molecule has 0 atom stereocenters. The minimum Gasteiger partial charge on any atom is -0.467 e. The second kappa shape index (κ2) is 7.81. The quantitative estimate of drug-likeness (QED) is 0.759. The molecule has 2 aromatic rings. The van der Waals surface area contributed by atoms with Crippen molar-refractivity contribution in [3.05, 3.63) is 53.7 Å². The van der Waals surface area contributed by atoms with Crippen molar-refractivity contribution in [2.75, 3.05) is 32.2 Å². The number of benzene rings is 1. The van der Waals surface area contributed by atoms with E-state index < -0.39 is 0 Å². The summed E-state index contributed by atoms with van der Waals surface area (Å²) in [6, 6.07) is 8.85. The number of hydrogen-bond donors (Lipinski definition) is 1. The molecule has 5 heteroatoms. The van der Waals surface area contributed by atoms with Crippen molar-refractivity contribution < 1.29 is 13.5 Å². The first-order valence-electron chi connectivity index (χ1n) is 6.93. The van der Waals surface area contributed by atoms with Crippen molar-refractivity contribution in [3.63, 3.8) is 0 Å². The molecule has 0 amide bonds. The van der Waals surface area contributed by atoms with Crippen molar-refractivity contribution in [2.24, 2.45) is 0 Å². The van der Waals surface area contributed by atoms with Crippen LogP contribution in [0.3, 0.4) is 0 Å². The number of para-hydroxylation sites is 1. The van der Waals surface area contributed by atoms with Crippen LogP contribution < -0.4 is 10.2 Å². The van der Waals surface area contributed by atoms with Crippen LogP contribution >= 0.6 is 0 Å². The minimum atomic E-state index is -0.227. The van der Waals surface area contributed by atoms with Gasteiger partial charge < -0.3 is 19.4 Å². The van der Waals surface area contributed by atoms with Gasteiger partial charge in [-0.2, -0.15) is 0 Å². The molecule has 1 heterocycles. The van der Waals surface area contributed by atoms with Gasteiger partial charge in [0.2, 0.25) is 0 Å². The Morgan fingerprint density at radius 1 is 1.29 bits per heavy atom. The maximum atomic E-state index is 14.2. The van der Waals surface area contributed by atoms with E-state index in [4.69, 9.17) is 9.15 Å². The van der Waals surface area contributed by atoms with Gasteiger partial charge in [0.1, 0.15) is 11.6 Å². The van der Waals surface area contributed by atoms with Crippen molar-refractivity contribution in [2.45, 2.75) is 13.1 Å². The number of hydrogen-bond acceptors (Lipinski definition) is 4. The molecule has 1 aromatic heterocycles. The van der Waals surface area contributed by atoms with Crippen molar-refractivity contribution in [1.82, 2.24) is 5.32 Å². The lowest BCUT2D eigenvalue weighted by Gasteiger charge is -2.22. The van der Waals surface area contributed by atoms with Crippen LogP contribution in [0, 0.1) is 5.82 Å². The number of halogens is 1. The molecule has 1 aromatic carbocycles. The Labute approximate surface area is 124 Å². The van der Waals surface area contributed by atoms with Crippen LogP contribution in [0.4, 0.5) is 10.1 Å². The van der Waals surface area contributed by atoms with Crippen molar-refractivity contribution in [3.8, 4) is 0 Å². The van der Waals surface area contributed by atoms with Crippen LogP contribution in [-0.4, -0.2) is 27.3 Å². The van der Waals surface area contributed by atoms with E-state index in [1.54, 1.807) is 19.4 Å². The summed E-state index contributed by atoms with van der Waals surface area (Å²) in [6.45, 7) is 2.49. The normalized spacial score (nSPS) is 10.8. The van der Waals surface area contributed by atoms with Crippen LogP contribution in [0.5, 0.6) is 0 Å². The summed E-state index contributed by atoms with van der Waals surface area (Å²) in [4.78, 5) is 1.86. The highest BCUT2D eigenvalue weighted by Crippen LogP contribution is 2.25. The fraction of sp³-hybridized carbons (Fsp3) is 0.375. The van der Waals surface area contributed by atoms with Gasteiger partial charge in [-0.25, -0.2) is 4.39 Å². The standard InChI is InChI=1S/C16H21FN2O2/c1-19(12-14-6-4-9-21-14)16-13(5-3-7-15(16)17)11-18-8-10-20-2/h3-7,9,18H,8,10-12H2,1-2H3. The molecule has 0 aliphatic heterocycles. The molecule has 0 radical (unpaired) electrons. The molecule has 0 aliphatic rings. The first kappa shape index (κ1) is 15.5. The Bertz CT molecular complexity index is 543. The van der Waals surface area contributed by atoms with Crippen LogP contribution in [0.25, 0.3) is 0 Å². The number of rotatable bonds is 8. The van der Waals surface area contributed by atoms with Gasteiger partial charge in [-0.1, -0.05) is 12.1 Å². The maximum Gasteiger partial charge on any atom is 0.146 e. The Balaban J connectivity index is 2.09. The highest BCUT2D eigenvalue weighted by Gasteiger charge is 2.14. The zero-order chi connectivity index (χ0) is 15.1. The minimum absolute atomic E-state index is 0.227. The summed E-state index contributed by atoms with van der Waals surface area (Å²) < 4.78 is 24.5. The molecule has 21 heavy (non-hydrogen) atoms. The summed E-state index contributed by atoms with van der Waals surface area (Å²) in [5.41, 5.74) is 1.51. The van der Waals surface area contributed by atoms with E-state index in [1.807, 2.05) is 30.1 Å². The van der Waals surface area contributed by atoms with E-state index in [0.717, 1.165) is 17.9 Å². The summed E-state index contributed by atoms with van der Waals surface area (Å²) >= 11 is 0. The zero-order valence-corrected chi connectivity index (χ0v) is 12.4. The topological polar surface area (TPSA) is 37.6 Å². The van der Waals surface area contributed by atoms with E-state index in [-0.39, 0.29) is 5.82 Å². The van der Waals surface area contributed by atoms with E-state index in [1.165, 1.54) is 6.07 Å². The number of furan rings is 1.